The number of rotatable bonds is 7. The van der Waals surface area contributed by atoms with Gasteiger partial charge in [0, 0.05) is 31.7 Å². The highest BCUT2D eigenvalue weighted by Gasteiger charge is 2.20. The number of ether oxygens (including phenoxy) is 1. The molecule has 3 aromatic carbocycles. The zero-order chi connectivity index (χ0) is 22.5. The van der Waals surface area contributed by atoms with Gasteiger partial charge in [0.25, 0.3) is 0 Å². The smallest absolute Gasteiger partial charge is 0.119 e. The van der Waals surface area contributed by atoms with Crippen molar-refractivity contribution in [3.05, 3.63) is 71.8 Å². The second kappa shape index (κ2) is 10.6. The van der Waals surface area contributed by atoms with E-state index in [1.165, 1.54) is 59.9 Å². The fourth-order valence-electron chi connectivity index (χ4n) is 5.30. The van der Waals surface area contributed by atoms with E-state index in [0.717, 1.165) is 51.3 Å². The van der Waals surface area contributed by atoms with E-state index >= 15 is 0 Å². The number of hydrogen-bond donors (Lipinski definition) is 1. The zero-order valence-corrected chi connectivity index (χ0v) is 19.6. The highest BCUT2D eigenvalue weighted by Crippen LogP contribution is 2.33. The zero-order valence-electron chi connectivity index (χ0n) is 19.6. The van der Waals surface area contributed by atoms with Gasteiger partial charge in [-0.15, -0.1) is 0 Å². The Hall–Kier alpha value is -2.56. The van der Waals surface area contributed by atoms with E-state index in [1.807, 2.05) is 0 Å². The number of piperidine rings is 2. The first kappa shape index (κ1) is 22.2. The van der Waals surface area contributed by atoms with Gasteiger partial charge in [-0.25, -0.2) is 0 Å². The summed E-state index contributed by atoms with van der Waals surface area (Å²) in [5.41, 5.74) is 3.98. The third-order valence-corrected chi connectivity index (χ3v) is 7.25. The van der Waals surface area contributed by atoms with E-state index in [0.29, 0.717) is 0 Å². The lowest BCUT2D eigenvalue weighted by Gasteiger charge is -2.33. The summed E-state index contributed by atoms with van der Waals surface area (Å²) >= 11 is 0. The van der Waals surface area contributed by atoms with Crippen molar-refractivity contribution in [2.24, 2.45) is 0 Å². The van der Waals surface area contributed by atoms with Crippen molar-refractivity contribution in [3.8, 4) is 5.75 Å². The predicted octanol–water partition coefficient (Wildman–Crippen LogP) is 5.26. The Morgan fingerprint density at radius 2 is 1.58 bits per heavy atom. The molecule has 0 bridgehead atoms. The molecule has 4 heteroatoms. The van der Waals surface area contributed by atoms with Crippen LogP contribution in [-0.2, 0) is 6.42 Å². The number of benzene rings is 3. The molecule has 5 rings (SSSR count). The van der Waals surface area contributed by atoms with Crippen LogP contribution in [0.3, 0.4) is 0 Å². The molecule has 2 aliphatic rings. The summed E-state index contributed by atoms with van der Waals surface area (Å²) in [6.07, 6.45) is 6.44. The van der Waals surface area contributed by atoms with Crippen LogP contribution in [0.4, 0.5) is 5.69 Å². The van der Waals surface area contributed by atoms with Crippen LogP contribution < -0.4 is 9.64 Å². The van der Waals surface area contributed by atoms with E-state index in [-0.39, 0.29) is 6.10 Å². The molecule has 33 heavy (non-hydrogen) atoms. The number of nitrogens with zero attached hydrogens (tertiary/aromatic N) is 2. The van der Waals surface area contributed by atoms with E-state index in [1.54, 1.807) is 0 Å². The van der Waals surface area contributed by atoms with Gasteiger partial charge in [0.05, 0.1) is 6.10 Å². The summed E-state index contributed by atoms with van der Waals surface area (Å²) in [4.78, 5) is 4.96. The van der Waals surface area contributed by atoms with E-state index in [4.69, 9.17) is 4.74 Å². The Labute approximate surface area is 197 Å². The second-order valence-electron chi connectivity index (χ2n) is 9.57. The maximum Gasteiger partial charge on any atom is 0.119 e. The summed E-state index contributed by atoms with van der Waals surface area (Å²) in [6.45, 7) is 6.03. The molecule has 1 N–H and O–H groups in total. The van der Waals surface area contributed by atoms with Crippen molar-refractivity contribution in [1.29, 1.82) is 0 Å². The van der Waals surface area contributed by atoms with Gasteiger partial charge in [0.15, 0.2) is 0 Å². The van der Waals surface area contributed by atoms with Gasteiger partial charge in [-0.3, -0.25) is 4.90 Å². The number of likely N-dealkylation sites (tertiary alicyclic amines) is 1. The van der Waals surface area contributed by atoms with Crippen LogP contribution >= 0.6 is 0 Å². The van der Waals surface area contributed by atoms with Crippen molar-refractivity contribution >= 4 is 16.5 Å². The molecule has 0 atom stereocenters. The highest BCUT2D eigenvalue weighted by atomic mass is 16.5. The number of aliphatic hydroxyl groups excluding tert-OH is 1. The summed E-state index contributed by atoms with van der Waals surface area (Å²) in [6, 6.07) is 21.8. The molecular weight excluding hydrogens is 408 g/mol. The lowest BCUT2D eigenvalue weighted by Crippen LogP contribution is -2.36. The quantitative estimate of drug-likeness (QED) is 0.539. The molecule has 2 saturated heterocycles. The molecule has 0 amide bonds. The van der Waals surface area contributed by atoms with Crippen LogP contribution in [0.1, 0.15) is 43.2 Å². The Balaban J connectivity index is 1.30. The molecule has 4 nitrogen and oxygen atoms in total. The largest absolute Gasteiger partial charge is 0.492 e. The van der Waals surface area contributed by atoms with Gasteiger partial charge >= 0.3 is 0 Å². The first-order valence-electron chi connectivity index (χ1n) is 12.6. The maximum atomic E-state index is 9.97. The molecule has 0 aromatic heterocycles. The summed E-state index contributed by atoms with van der Waals surface area (Å²) < 4.78 is 6.04. The first-order chi connectivity index (χ1) is 16.3. The highest BCUT2D eigenvalue weighted by molar-refractivity contribution is 5.90. The summed E-state index contributed by atoms with van der Waals surface area (Å²) in [5.74, 6) is 0.957. The second-order valence-corrected chi connectivity index (χ2v) is 9.57. The number of fused-ring (bicyclic) bond motifs is 1. The molecule has 0 unspecified atom stereocenters. The maximum absolute atomic E-state index is 9.97. The predicted molar refractivity (Wildman–Crippen MR) is 136 cm³/mol. The third-order valence-electron chi connectivity index (χ3n) is 7.25. The fraction of sp³-hybridized carbons (Fsp3) is 0.448. The van der Waals surface area contributed by atoms with Gasteiger partial charge in [-0.05, 0) is 78.9 Å². The van der Waals surface area contributed by atoms with Crippen molar-refractivity contribution in [1.82, 2.24) is 4.90 Å². The van der Waals surface area contributed by atoms with Gasteiger partial charge in [0.2, 0.25) is 0 Å². The third kappa shape index (κ3) is 5.51. The Morgan fingerprint density at radius 3 is 2.36 bits per heavy atom. The monoisotopic (exact) mass is 444 g/mol. The van der Waals surface area contributed by atoms with Crippen LogP contribution in [-0.4, -0.2) is 55.4 Å². The fourth-order valence-corrected chi connectivity index (χ4v) is 5.30. The van der Waals surface area contributed by atoms with E-state index in [2.05, 4.69) is 70.5 Å². The molecule has 2 aliphatic heterocycles. The average Bonchev–Trinajstić information content (AvgIpc) is 2.87. The molecule has 0 aliphatic carbocycles. The lowest BCUT2D eigenvalue weighted by atomic mass is 9.95. The van der Waals surface area contributed by atoms with Gasteiger partial charge in [-0.2, -0.15) is 0 Å². The molecule has 0 saturated carbocycles. The number of aliphatic hydroxyl groups is 1. The topological polar surface area (TPSA) is 35.9 Å². The summed E-state index contributed by atoms with van der Waals surface area (Å²) in [7, 11) is 0. The minimum atomic E-state index is -0.160. The van der Waals surface area contributed by atoms with Crippen LogP contribution in [0.15, 0.2) is 60.7 Å². The first-order valence-corrected chi connectivity index (χ1v) is 12.6. The Morgan fingerprint density at radius 1 is 0.818 bits per heavy atom. The number of hydrogen-bond acceptors (Lipinski definition) is 4. The van der Waals surface area contributed by atoms with Crippen LogP contribution in [0, 0.1) is 0 Å². The van der Waals surface area contributed by atoms with Crippen LogP contribution in [0.5, 0.6) is 5.75 Å². The van der Waals surface area contributed by atoms with Crippen molar-refractivity contribution in [2.75, 3.05) is 44.2 Å². The van der Waals surface area contributed by atoms with Gasteiger partial charge < -0.3 is 14.7 Å². The summed E-state index contributed by atoms with van der Waals surface area (Å²) in [5, 5.41) is 12.6. The van der Waals surface area contributed by atoms with Crippen molar-refractivity contribution in [3.63, 3.8) is 0 Å². The van der Waals surface area contributed by atoms with Gasteiger partial charge in [0.1, 0.15) is 12.4 Å². The lowest BCUT2D eigenvalue weighted by molar-refractivity contribution is 0.145. The Kier molecular flexibility index (Phi) is 7.13. The van der Waals surface area contributed by atoms with Crippen molar-refractivity contribution in [2.45, 2.75) is 44.6 Å². The van der Waals surface area contributed by atoms with E-state index in [9.17, 15) is 5.11 Å². The molecule has 174 valence electrons. The van der Waals surface area contributed by atoms with Crippen LogP contribution in [0.25, 0.3) is 10.8 Å². The van der Waals surface area contributed by atoms with Crippen molar-refractivity contribution < 1.29 is 9.84 Å². The normalized spacial score (nSPS) is 18.0. The Bertz CT molecular complexity index is 1040. The molecule has 0 radical (unpaired) electrons. The number of anilines is 1. The minimum Gasteiger partial charge on any atom is -0.492 e. The molecule has 0 spiro atoms. The van der Waals surface area contributed by atoms with Crippen LogP contribution in [0.2, 0.25) is 0 Å². The van der Waals surface area contributed by atoms with Gasteiger partial charge in [-0.1, -0.05) is 48.9 Å². The molecule has 2 heterocycles. The molecule has 3 aromatic rings. The minimum absolute atomic E-state index is 0.160. The molecular formula is C29H36N2O2. The standard InChI is InChI=1S/C29H36N2O2/c32-25-14-18-31(19-15-25)29-13-10-24-6-2-3-7-27(24)28(29)22-23-8-11-26(12-9-23)33-21-20-30-16-4-1-5-17-30/h2-3,6-13,25,32H,1,4-5,14-22H2. The average molecular weight is 445 g/mol. The SMILES string of the molecule is OC1CCN(c2ccc3ccccc3c2Cc2ccc(OCCN3CCCCC3)cc2)CC1. The molecule has 2 fully saturated rings. The van der Waals surface area contributed by atoms with E-state index < -0.39 is 0 Å².